The van der Waals surface area contributed by atoms with Crippen LogP contribution in [0.2, 0.25) is 0 Å². The molecular weight excluding hydrogens is 484 g/mol. The third kappa shape index (κ3) is 3.36. The van der Waals surface area contributed by atoms with Crippen LogP contribution in [0, 0.1) is 0 Å². The number of fused-ring (bicyclic) bond motifs is 4. The lowest BCUT2D eigenvalue weighted by atomic mass is 9.81. The van der Waals surface area contributed by atoms with Crippen LogP contribution in [0.4, 0.5) is 4.79 Å². The Morgan fingerprint density at radius 3 is 2.88 bits per heavy atom. The summed E-state index contributed by atoms with van der Waals surface area (Å²) in [5.74, 6) is -0.0864. The van der Waals surface area contributed by atoms with Crippen molar-refractivity contribution >= 4 is 38.8 Å². The van der Waals surface area contributed by atoms with Crippen molar-refractivity contribution in [2.24, 2.45) is 0 Å². The maximum absolute atomic E-state index is 13.7. The van der Waals surface area contributed by atoms with Gasteiger partial charge in [0.1, 0.15) is 17.3 Å². The highest BCUT2D eigenvalue weighted by Crippen LogP contribution is 2.49. The van der Waals surface area contributed by atoms with Gasteiger partial charge in [-0.2, -0.15) is 0 Å². The molecule has 3 aromatic rings. The number of benzene rings is 2. The summed E-state index contributed by atoms with van der Waals surface area (Å²) in [5.41, 5.74) is 2.56. The summed E-state index contributed by atoms with van der Waals surface area (Å²) in [6.45, 7) is 6.91. The van der Waals surface area contributed by atoms with E-state index in [-0.39, 0.29) is 24.2 Å². The summed E-state index contributed by atoms with van der Waals surface area (Å²) in [7, 11) is 0. The zero-order chi connectivity index (χ0) is 23.3. The molecule has 8 heteroatoms. The first-order valence-electron chi connectivity index (χ1n) is 10.9. The van der Waals surface area contributed by atoms with Crippen LogP contribution in [0.3, 0.4) is 0 Å². The normalized spacial score (nSPS) is 22.1. The number of nitrogens with zero attached hydrogens (tertiary/aromatic N) is 2. The maximum Gasteiger partial charge on any atom is 0.328 e. The van der Waals surface area contributed by atoms with Crippen LogP contribution in [-0.2, 0) is 11.2 Å². The quantitative estimate of drug-likeness (QED) is 0.266. The van der Waals surface area contributed by atoms with Crippen LogP contribution < -0.4 is 5.32 Å². The molecule has 3 heterocycles. The number of imide groups is 1. The number of nitrogens with one attached hydrogen (secondary N) is 2. The molecule has 7 nitrogen and oxygen atoms in total. The number of phenols is 1. The van der Waals surface area contributed by atoms with Crippen molar-refractivity contribution in [3.63, 3.8) is 0 Å². The fraction of sp³-hybridized carbons (Fsp3) is 0.280. The first-order valence-corrected chi connectivity index (χ1v) is 11.7. The first kappa shape index (κ1) is 21.7. The number of aromatic amines is 1. The molecule has 0 saturated carbocycles. The Kier molecular flexibility index (Phi) is 5.29. The number of H-pyrrole nitrogens is 1. The van der Waals surface area contributed by atoms with Gasteiger partial charge in [-0.3, -0.25) is 14.6 Å². The molecule has 5 rings (SSSR count). The third-order valence-electron chi connectivity index (χ3n) is 6.62. The van der Waals surface area contributed by atoms with Crippen LogP contribution >= 0.6 is 15.9 Å². The minimum atomic E-state index is -1.03. The number of carbonyl (C=O) groups excluding carboxylic acids is 2. The molecule has 1 aromatic heterocycles. The number of halogens is 1. The van der Waals surface area contributed by atoms with Gasteiger partial charge in [-0.25, -0.2) is 4.79 Å². The van der Waals surface area contributed by atoms with E-state index < -0.39 is 11.6 Å². The Morgan fingerprint density at radius 1 is 1.30 bits per heavy atom. The monoisotopic (exact) mass is 508 g/mol. The van der Waals surface area contributed by atoms with Gasteiger partial charge in [0.05, 0.1) is 0 Å². The van der Waals surface area contributed by atoms with Crippen molar-refractivity contribution < 1.29 is 14.7 Å². The second kappa shape index (κ2) is 8.04. The Labute approximate surface area is 200 Å². The molecule has 3 N–H and O–H groups in total. The standard InChI is InChI=1S/C25H25BrN4O3/c1-3-9-27-10-11-29-23(32)25(2)14-19-18-13-16(26)7-8-20(18)28-21(19)22(30(25)24(29)33)15-5-4-6-17(31)12-15/h3-8,12-13,22,27-28,31H,1,9-11,14H2,2H3. The van der Waals surface area contributed by atoms with E-state index >= 15 is 0 Å². The average molecular weight is 509 g/mol. The lowest BCUT2D eigenvalue weighted by Gasteiger charge is -2.42. The van der Waals surface area contributed by atoms with Crippen molar-refractivity contribution in [1.82, 2.24) is 20.1 Å². The number of amides is 3. The summed E-state index contributed by atoms with van der Waals surface area (Å²) in [6, 6.07) is 12.1. The van der Waals surface area contributed by atoms with Crippen molar-refractivity contribution in [3.05, 3.63) is 76.4 Å². The second-order valence-electron chi connectivity index (χ2n) is 8.76. The van der Waals surface area contributed by atoms with Gasteiger partial charge in [0.25, 0.3) is 5.91 Å². The van der Waals surface area contributed by atoms with Gasteiger partial charge in [0, 0.05) is 47.1 Å². The van der Waals surface area contributed by atoms with Crippen LogP contribution in [-0.4, -0.2) is 57.0 Å². The number of hydrogen-bond donors (Lipinski definition) is 3. The minimum Gasteiger partial charge on any atom is -0.508 e. The number of aromatic nitrogens is 1. The molecule has 2 atom stereocenters. The summed E-state index contributed by atoms with van der Waals surface area (Å²) in [6.07, 6.45) is 2.15. The van der Waals surface area contributed by atoms with Crippen molar-refractivity contribution in [2.75, 3.05) is 19.6 Å². The maximum atomic E-state index is 13.7. The number of hydrogen-bond acceptors (Lipinski definition) is 4. The zero-order valence-corrected chi connectivity index (χ0v) is 19.9. The van der Waals surface area contributed by atoms with Gasteiger partial charge in [-0.05, 0) is 48.4 Å². The number of rotatable bonds is 6. The molecule has 170 valence electrons. The first-order chi connectivity index (χ1) is 15.8. The highest BCUT2D eigenvalue weighted by molar-refractivity contribution is 9.10. The van der Waals surface area contributed by atoms with Gasteiger partial charge >= 0.3 is 6.03 Å². The predicted octanol–water partition coefficient (Wildman–Crippen LogP) is 4.08. The zero-order valence-electron chi connectivity index (χ0n) is 18.3. The molecule has 2 unspecified atom stereocenters. The molecule has 2 aromatic carbocycles. The van der Waals surface area contributed by atoms with Crippen LogP contribution in [0.15, 0.2) is 59.6 Å². The number of phenolic OH excluding ortho intramolecular Hbond substituents is 1. The Morgan fingerprint density at radius 2 is 2.12 bits per heavy atom. The Balaban J connectivity index is 1.66. The van der Waals surface area contributed by atoms with Crippen molar-refractivity contribution in [1.29, 1.82) is 0 Å². The van der Waals surface area contributed by atoms with E-state index in [0.717, 1.165) is 32.2 Å². The number of urea groups is 1. The van der Waals surface area contributed by atoms with Gasteiger partial charge in [-0.1, -0.05) is 34.1 Å². The predicted molar refractivity (Wildman–Crippen MR) is 130 cm³/mol. The largest absolute Gasteiger partial charge is 0.508 e. The lowest BCUT2D eigenvalue weighted by Crippen LogP contribution is -2.53. The van der Waals surface area contributed by atoms with Gasteiger partial charge in [-0.15, -0.1) is 6.58 Å². The average Bonchev–Trinajstić information content (AvgIpc) is 3.22. The molecule has 0 radical (unpaired) electrons. The van der Waals surface area contributed by atoms with Crippen LogP contribution in [0.5, 0.6) is 5.75 Å². The number of aromatic hydroxyl groups is 1. The second-order valence-corrected chi connectivity index (χ2v) is 9.67. The summed E-state index contributed by atoms with van der Waals surface area (Å²) >= 11 is 3.56. The molecule has 3 amide bonds. The molecule has 1 fully saturated rings. The summed E-state index contributed by atoms with van der Waals surface area (Å²) < 4.78 is 0.946. The fourth-order valence-electron chi connectivity index (χ4n) is 5.12. The molecule has 2 aliphatic heterocycles. The molecule has 33 heavy (non-hydrogen) atoms. The van der Waals surface area contributed by atoms with Gasteiger partial charge in [0.2, 0.25) is 0 Å². The third-order valence-corrected chi connectivity index (χ3v) is 7.11. The Bertz CT molecular complexity index is 1290. The summed E-state index contributed by atoms with van der Waals surface area (Å²) in [4.78, 5) is 33.9. The van der Waals surface area contributed by atoms with E-state index in [0.29, 0.717) is 19.5 Å². The van der Waals surface area contributed by atoms with Crippen molar-refractivity contribution in [2.45, 2.75) is 24.9 Å². The molecular formula is C25H25BrN4O3. The smallest absolute Gasteiger partial charge is 0.328 e. The van der Waals surface area contributed by atoms with E-state index in [1.54, 1.807) is 29.2 Å². The fourth-order valence-corrected chi connectivity index (χ4v) is 5.48. The van der Waals surface area contributed by atoms with Crippen LogP contribution in [0.25, 0.3) is 10.9 Å². The molecule has 0 bridgehead atoms. The van der Waals surface area contributed by atoms with Crippen LogP contribution in [0.1, 0.15) is 29.8 Å². The molecule has 1 saturated heterocycles. The highest BCUT2D eigenvalue weighted by atomic mass is 79.9. The van der Waals surface area contributed by atoms with Gasteiger partial charge in [0.15, 0.2) is 0 Å². The topological polar surface area (TPSA) is 88.7 Å². The lowest BCUT2D eigenvalue weighted by molar-refractivity contribution is -0.133. The summed E-state index contributed by atoms with van der Waals surface area (Å²) in [5, 5.41) is 14.4. The Hall–Kier alpha value is -3.10. The SMILES string of the molecule is C=CCNCCN1C(=O)N2C(c3cccc(O)c3)c3[nH]c4ccc(Br)cc4c3CC2(C)C1=O. The van der Waals surface area contributed by atoms with E-state index in [1.807, 2.05) is 31.2 Å². The molecule has 0 spiro atoms. The van der Waals surface area contributed by atoms with E-state index in [1.165, 1.54) is 4.90 Å². The number of carbonyl (C=O) groups is 2. The van der Waals surface area contributed by atoms with E-state index in [9.17, 15) is 14.7 Å². The highest BCUT2D eigenvalue weighted by Gasteiger charge is 2.60. The molecule has 2 aliphatic rings. The minimum absolute atomic E-state index is 0.114. The molecule has 0 aliphatic carbocycles. The van der Waals surface area contributed by atoms with E-state index in [2.05, 4.69) is 32.8 Å². The van der Waals surface area contributed by atoms with E-state index in [4.69, 9.17) is 0 Å². The van der Waals surface area contributed by atoms with Gasteiger partial charge < -0.3 is 15.4 Å². The van der Waals surface area contributed by atoms with Crippen molar-refractivity contribution in [3.8, 4) is 5.75 Å².